The number of terminal acetylenes is 1. The number of rotatable bonds is 4. The molecule has 0 rings (SSSR count). The van der Waals surface area contributed by atoms with Crippen LogP contribution in [0.4, 0.5) is 0 Å². The van der Waals surface area contributed by atoms with Crippen molar-refractivity contribution in [2.45, 2.75) is 38.6 Å². The van der Waals surface area contributed by atoms with Gasteiger partial charge in [0.05, 0.1) is 6.42 Å². The summed E-state index contributed by atoms with van der Waals surface area (Å²) in [4.78, 5) is 10.9. The van der Waals surface area contributed by atoms with E-state index in [1.165, 1.54) is 0 Å². The lowest BCUT2D eigenvalue weighted by atomic mass is 9.98. The molecular weight excluding hydrogens is 138 g/mol. The van der Waals surface area contributed by atoms with E-state index >= 15 is 0 Å². The molecule has 0 aliphatic rings. The van der Waals surface area contributed by atoms with Gasteiger partial charge in [-0.2, -0.15) is 0 Å². The van der Waals surface area contributed by atoms with Gasteiger partial charge in [-0.25, -0.2) is 0 Å². The van der Waals surface area contributed by atoms with Crippen LogP contribution in [0.3, 0.4) is 0 Å². The summed E-state index contributed by atoms with van der Waals surface area (Å²) in [6, 6.07) is 0. The maximum Gasteiger partial charge on any atom is 0.144 e. The minimum atomic E-state index is -0.260. The van der Waals surface area contributed by atoms with E-state index in [1.807, 2.05) is 13.8 Å². The summed E-state index contributed by atoms with van der Waals surface area (Å²) in [5.41, 5.74) is 5.42. The van der Waals surface area contributed by atoms with Crippen LogP contribution < -0.4 is 5.73 Å². The van der Waals surface area contributed by atoms with Crippen LogP contribution in [0.2, 0.25) is 0 Å². The molecule has 0 bridgehead atoms. The second-order valence-corrected chi connectivity index (χ2v) is 3.41. The Balaban J connectivity index is 3.57. The first-order valence-electron chi connectivity index (χ1n) is 3.70. The van der Waals surface area contributed by atoms with Crippen molar-refractivity contribution in [3.05, 3.63) is 0 Å². The summed E-state index contributed by atoms with van der Waals surface area (Å²) in [7, 11) is 0. The Bertz CT molecular complexity index is 171. The van der Waals surface area contributed by atoms with Gasteiger partial charge in [-0.15, -0.1) is 6.42 Å². The highest BCUT2D eigenvalue weighted by molar-refractivity contribution is 5.80. The van der Waals surface area contributed by atoms with Gasteiger partial charge in [0.15, 0.2) is 0 Å². The summed E-state index contributed by atoms with van der Waals surface area (Å²) in [5.74, 6) is 2.42. The van der Waals surface area contributed by atoms with E-state index < -0.39 is 0 Å². The zero-order chi connectivity index (χ0) is 8.91. The lowest BCUT2D eigenvalue weighted by molar-refractivity contribution is -0.118. The molecule has 0 aromatic rings. The minimum absolute atomic E-state index is 0.103. The molecule has 0 heterocycles. The van der Waals surface area contributed by atoms with Gasteiger partial charge in [-0.3, -0.25) is 4.79 Å². The van der Waals surface area contributed by atoms with E-state index in [0.29, 0.717) is 12.8 Å². The minimum Gasteiger partial charge on any atom is -0.326 e. The predicted octanol–water partition coefficient (Wildman–Crippen LogP) is 1.10. The van der Waals surface area contributed by atoms with Crippen molar-refractivity contribution in [1.29, 1.82) is 0 Å². The van der Waals surface area contributed by atoms with Crippen molar-refractivity contribution in [1.82, 2.24) is 0 Å². The van der Waals surface area contributed by atoms with Gasteiger partial charge >= 0.3 is 0 Å². The fourth-order valence-electron chi connectivity index (χ4n) is 0.664. The molecule has 2 heteroatoms. The molecule has 0 aliphatic carbocycles. The van der Waals surface area contributed by atoms with Crippen LogP contribution in [0.5, 0.6) is 0 Å². The van der Waals surface area contributed by atoms with Crippen LogP contribution in [-0.4, -0.2) is 11.3 Å². The fourth-order valence-corrected chi connectivity index (χ4v) is 0.664. The molecule has 62 valence electrons. The first kappa shape index (κ1) is 10.2. The zero-order valence-electron chi connectivity index (χ0n) is 7.18. The van der Waals surface area contributed by atoms with Gasteiger partial charge in [-0.05, 0) is 20.3 Å². The topological polar surface area (TPSA) is 43.1 Å². The Morgan fingerprint density at radius 2 is 2.18 bits per heavy atom. The van der Waals surface area contributed by atoms with Crippen LogP contribution in [-0.2, 0) is 4.79 Å². The molecule has 0 saturated heterocycles. The number of Topliss-reactive ketones (excluding diaryl/α,β-unsaturated/α-hetero) is 1. The molecule has 0 unspecified atom stereocenters. The molecule has 11 heavy (non-hydrogen) atoms. The van der Waals surface area contributed by atoms with Crippen LogP contribution in [0.1, 0.15) is 33.1 Å². The Morgan fingerprint density at radius 3 is 2.55 bits per heavy atom. The summed E-state index contributed by atoms with van der Waals surface area (Å²) in [6.45, 7) is 3.80. The Labute approximate surface area is 68.2 Å². The van der Waals surface area contributed by atoms with E-state index in [9.17, 15) is 4.79 Å². The summed E-state index contributed by atoms with van der Waals surface area (Å²) < 4.78 is 0. The number of carbonyl (C=O) groups is 1. The second kappa shape index (κ2) is 4.15. The summed E-state index contributed by atoms with van der Waals surface area (Å²) >= 11 is 0. The fraction of sp³-hybridized carbons (Fsp3) is 0.667. The van der Waals surface area contributed by atoms with Crippen molar-refractivity contribution >= 4 is 5.78 Å². The average Bonchev–Trinajstić information content (AvgIpc) is 1.83. The number of carbonyl (C=O) groups excluding carboxylic acids is 1. The van der Waals surface area contributed by atoms with Crippen LogP contribution >= 0.6 is 0 Å². The first-order valence-corrected chi connectivity index (χ1v) is 3.70. The van der Waals surface area contributed by atoms with E-state index in [-0.39, 0.29) is 17.7 Å². The second-order valence-electron chi connectivity index (χ2n) is 3.41. The molecule has 0 aromatic heterocycles. The molecule has 0 amide bonds. The van der Waals surface area contributed by atoms with Crippen molar-refractivity contribution in [3.63, 3.8) is 0 Å². The SMILES string of the molecule is C#CCC(=O)CCC(C)(C)N. The van der Waals surface area contributed by atoms with E-state index in [4.69, 9.17) is 12.2 Å². The molecule has 2 N–H and O–H groups in total. The van der Waals surface area contributed by atoms with Crippen LogP contribution in [0, 0.1) is 12.3 Å². The molecule has 0 aliphatic heterocycles. The third-order valence-corrected chi connectivity index (χ3v) is 1.35. The van der Waals surface area contributed by atoms with Gasteiger partial charge in [0.1, 0.15) is 5.78 Å². The zero-order valence-corrected chi connectivity index (χ0v) is 7.18. The van der Waals surface area contributed by atoms with E-state index in [2.05, 4.69) is 5.92 Å². The van der Waals surface area contributed by atoms with Gasteiger partial charge in [-0.1, -0.05) is 5.92 Å². The highest BCUT2D eigenvalue weighted by Gasteiger charge is 2.12. The van der Waals surface area contributed by atoms with Crippen molar-refractivity contribution in [2.24, 2.45) is 5.73 Å². The number of nitrogens with two attached hydrogens (primary N) is 1. The van der Waals surface area contributed by atoms with Crippen molar-refractivity contribution in [2.75, 3.05) is 0 Å². The largest absolute Gasteiger partial charge is 0.326 e. The molecule has 0 saturated carbocycles. The van der Waals surface area contributed by atoms with Gasteiger partial charge in [0, 0.05) is 12.0 Å². The Kier molecular flexibility index (Phi) is 3.84. The van der Waals surface area contributed by atoms with Crippen LogP contribution in [0.25, 0.3) is 0 Å². The van der Waals surface area contributed by atoms with Crippen LogP contribution in [0.15, 0.2) is 0 Å². The number of hydrogen-bond acceptors (Lipinski definition) is 2. The number of hydrogen-bond donors (Lipinski definition) is 1. The van der Waals surface area contributed by atoms with Gasteiger partial charge < -0.3 is 5.73 Å². The molecule has 0 atom stereocenters. The average molecular weight is 153 g/mol. The third kappa shape index (κ3) is 7.08. The highest BCUT2D eigenvalue weighted by atomic mass is 16.1. The lowest BCUT2D eigenvalue weighted by Gasteiger charge is -2.16. The molecule has 0 spiro atoms. The molecule has 0 fully saturated rings. The van der Waals surface area contributed by atoms with E-state index in [0.717, 1.165) is 0 Å². The number of ketones is 1. The summed E-state index contributed by atoms with van der Waals surface area (Å²) in [5, 5.41) is 0. The summed E-state index contributed by atoms with van der Waals surface area (Å²) in [6.07, 6.45) is 6.39. The maximum atomic E-state index is 10.9. The maximum absolute atomic E-state index is 10.9. The molecule has 0 aromatic carbocycles. The van der Waals surface area contributed by atoms with E-state index in [1.54, 1.807) is 0 Å². The van der Waals surface area contributed by atoms with Crippen molar-refractivity contribution in [3.8, 4) is 12.3 Å². The van der Waals surface area contributed by atoms with Gasteiger partial charge in [0.2, 0.25) is 0 Å². The van der Waals surface area contributed by atoms with Gasteiger partial charge in [0.25, 0.3) is 0 Å². The Morgan fingerprint density at radius 1 is 1.64 bits per heavy atom. The third-order valence-electron chi connectivity index (χ3n) is 1.35. The smallest absolute Gasteiger partial charge is 0.144 e. The first-order chi connectivity index (χ1) is 4.95. The predicted molar refractivity (Wildman–Crippen MR) is 46.0 cm³/mol. The Hall–Kier alpha value is -0.810. The lowest BCUT2D eigenvalue weighted by Crippen LogP contribution is -2.32. The molecule has 0 radical (unpaired) electrons. The highest BCUT2D eigenvalue weighted by Crippen LogP contribution is 2.07. The normalized spacial score (nSPS) is 10.7. The quantitative estimate of drug-likeness (QED) is 0.614. The molecular formula is C9H15NO. The molecule has 2 nitrogen and oxygen atoms in total. The standard InChI is InChI=1S/C9H15NO/c1-4-5-8(11)6-7-9(2,3)10/h1H,5-7,10H2,2-3H3. The van der Waals surface area contributed by atoms with Crippen molar-refractivity contribution < 1.29 is 4.79 Å². The monoisotopic (exact) mass is 153 g/mol.